The van der Waals surface area contributed by atoms with E-state index in [0.717, 1.165) is 0 Å². The first-order valence-corrected chi connectivity index (χ1v) is 4.55. The summed E-state index contributed by atoms with van der Waals surface area (Å²) in [6.07, 6.45) is 0.548. The van der Waals surface area contributed by atoms with Crippen molar-refractivity contribution in [2.24, 2.45) is 0 Å². The molecule has 0 heterocycles. The van der Waals surface area contributed by atoms with Crippen LogP contribution in [-0.4, -0.2) is 5.91 Å². The molecule has 0 radical (unpaired) electrons. The lowest BCUT2D eigenvalue weighted by molar-refractivity contribution is -0.120. The number of halogens is 1. The van der Waals surface area contributed by atoms with Gasteiger partial charge >= 0.3 is 0 Å². The third-order valence-electron chi connectivity index (χ3n) is 2.06. The van der Waals surface area contributed by atoms with Gasteiger partial charge < -0.3 is 5.32 Å². The summed E-state index contributed by atoms with van der Waals surface area (Å²) in [6.45, 7) is 4.54. The van der Waals surface area contributed by atoms with E-state index in [1.54, 1.807) is 0 Å². The van der Waals surface area contributed by atoms with Crippen LogP contribution in [0.5, 0.6) is 0 Å². The highest BCUT2D eigenvalue weighted by atomic mass is 35.5. The van der Waals surface area contributed by atoms with Crippen molar-refractivity contribution in [1.82, 2.24) is 5.32 Å². The van der Waals surface area contributed by atoms with E-state index in [1.807, 2.05) is 38.1 Å². The third-order valence-corrected chi connectivity index (χ3v) is 2.06. The summed E-state index contributed by atoms with van der Waals surface area (Å²) < 4.78 is 0. The largest absolute Gasteiger partial charge is 0.352 e. The van der Waals surface area contributed by atoms with Gasteiger partial charge in [0.05, 0.1) is 0 Å². The average molecular weight is 214 g/mol. The van der Waals surface area contributed by atoms with E-state index < -0.39 is 0 Å². The number of hydrogen-bond acceptors (Lipinski definition) is 1. The molecule has 3 heteroatoms. The molecule has 1 amide bonds. The molecule has 1 aromatic rings. The van der Waals surface area contributed by atoms with E-state index in [1.165, 1.54) is 11.1 Å². The summed E-state index contributed by atoms with van der Waals surface area (Å²) >= 11 is 0. The molecule has 2 nitrogen and oxygen atoms in total. The van der Waals surface area contributed by atoms with Gasteiger partial charge in [-0.3, -0.25) is 4.79 Å². The summed E-state index contributed by atoms with van der Waals surface area (Å²) in [5, 5.41) is 2.85. The molecule has 0 unspecified atom stereocenters. The fourth-order valence-electron chi connectivity index (χ4n) is 1.13. The quantitative estimate of drug-likeness (QED) is 0.821. The maximum atomic E-state index is 11.0. The van der Waals surface area contributed by atoms with Crippen molar-refractivity contribution in [3.8, 4) is 0 Å². The number of carbonyl (C=O) groups is 1. The van der Waals surface area contributed by atoms with E-state index in [9.17, 15) is 4.79 Å². The van der Waals surface area contributed by atoms with Gasteiger partial charge in [-0.1, -0.05) is 31.2 Å². The number of rotatable bonds is 3. The second kappa shape index (κ2) is 6.44. The smallest absolute Gasteiger partial charge is 0.219 e. The highest BCUT2D eigenvalue weighted by Crippen LogP contribution is 2.05. The van der Waals surface area contributed by atoms with Gasteiger partial charge in [-0.2, -0.15) is 0 Å². The number of nitrogens with one attached hydrogen (secondary N) is 1. The Morgan fingerprint density at radius 3 is 2.57 bits per heavy atom. The summed E-state index contributed by atoms with van der Waals surface area (Å²) in [5.41, 5.74) is 2.41. The molecule has 1 rings (SSSR count). The molecule has 0 atom stereocenters. The van der Waals surface area contributed by atoms with Crippen LogP contribution in [0.1, 0.15) is 24.5 Å². The Balaban J connectivity index is 0.00000169. The number of hydrogen-bond donors (Lipinski definition) is 1. The minimum Gasteiger partial charge on any atom is -0.352 e. The van der Waals surface area contributed by atoms with Gasteiger partial charge in [0.15, 0.2) is 0 Å². The van der Waals surface area contributed by atoms with E-state index in [0.29, 0.717) is 13.0 Å². The van der Waals surface area contributed by atoms with Crippen LogP contribution in [0.4, 0.5) is 0 Å². The van der Waals surface area contributed by atoms with Gasteiger partial charge in [-0.15, -0.1) is 12.4 Å². The molecule has 0 aliphatic heterocycles. The van der Waals surface area contributed by atoms with Crippen molar-refractivity contribution >= 4 is 18.3 Å². The molecule has 1 aromatic carbocycles. The lowest BCUT2D eigenvalue weighted by Gasteiger charge is -2.06. The molecule has 0 spiro atoms. The Bertz CT molecular complexity index is 299. The van der Waals surface area contributed by atoms with Crippen LogP contribution in [0, 0.1) is 6.92 Å². The molecule has 0 aliphatic rings. The standard InChI is InChI=1S/C11H15NO.ClH/c1-3-11(13)12-8-10-7-5-4-6-9(10)2;/h4-7H,3,8H2,1-2H3,(H,12,13);1H. The fourth-order valence-corrected chi connectivity index (χ4v) is 1.13. The first-order chi connectivity index (χ1) is 6.24. The third kappa shape index (κ3) is 3.79. The Morgan fingerprint density at radius 2 is 2.00 bits per heavy atom. The molecule has 78 valence electrons. The highest BCUT2D eigenvalue weighted by Gasteiger charge is 1.98. The van der Waals surface area contributed by atoms with Crippen molar-refractivity contribution in [1.29, 1.82) is 0 Å². The van der Waals surface area contributed by atoms with E-state index in [4.69, 9.17) is 0 Å². The van der Waals surface area contributed by atoms with E-state index >= 15 is 0 Å². The topological polar surface area (TPSA) is 29.1 Å². The average Bonchev–Trinajstić information content (AvgIpc) is 2.16. The normalized spacial score (nSPS) is 9.00. The van der Waals surface area contributed by atoms with Gasteiger partial charge in [0, 0.05) is 13.0 Å². The van der Waals surface area contributed by atoms with Gasteiger partial charge in [-0.05, 0) is 18.1 Å². The number of benzene rings is 1. The van der Waals surface area contributed by atoms with Crippen LogP contribution < -0.4 is 5.32 Å². The van der Waals surface area contributed by atoms with Crippen molar-refractivity contribution < 1.29 is 4.79 Å². The summed E-state index contributed by atoms with van der Waals surface area (Å²) in [4.78, 5) is 11.0. The van der Waals surface area contributed by atoms with E-state index in [-0.39, 0.29) is 18.3 Å². The monoisotopic (exact) mass is 213 g/mol. The van der Waals surface area contributed by atoms with Crippen LogP contribution in [0.2, 0.25) is 0 Å². The molecule has 1 N–H and O–H groups in total. The van der Waals surface area contributed by atoms with Crippen molar-refractivity contribution in [2.75, 3.05) is 0 Å². The molecule has 0 saturated heterocycles. The second-order valence-corrected chi connectivity index (χ2v) is 3.06. The second-order valence-electron chi connectivity index (χ2n) is 3.06. The number of amides is 1. The zero-order valence-electron chi connectivity index (χ0n) is 8.54. The van der Waals surface area contributed by atoms with Gasteiger partial charge in [-0.25, -0.2) is 0 Å². The highest BCUT2D eigenvalue weighted by molar-refractivity contribution is 5.85. The number of carbonyl (C=O) groups excluding carboxylic acids is 1. The summed E-state index contributed by atoms with van der Waals surface area (Å²) in [5.74, 6) is 0.100. The molecular weight excluding hydrogens is 198 g/mol. The van der Waals surface area contributed by atoms with Crippen LogP contribution in [0.15, 0.2) is 24.3 Å². The molecule has 0 aliphatic carbocycles. The Hall–Kier alpha value is -1.02. The maximum absolute atomic E-state index is 11.0. The summed E-state index contributed by atoms with van der Waals surface area (Å²) in [6, 6.07) is 8.07. The molecule has 0 aromatic heterocycles. The molecule has 14 heavy (non-hydrogen) atoms. The van der Waals surface area contributed by atoms with Crippen LogP contribution in [0.3, 0.4) is 0 Å². The van der Waals surface area contributed by atoms with Crippen molar-refractivity contribution in [3.63, 3.8) is 0 Å². The van der Waals surface area contributed by atoms with Gasteiger partial charge in [0.1, 0.15) is 0 Å². The molecule has 0 bridgehead atoms. The molecule has 0 fully saturated rings. The molecular formula is C11H16ClNO. The zero-order chi connectivity index (χ0) is 9.68. The summed E-state index contributed by atoms with van der Waals surface area (Å²) in [7, 11) is 0. The van der Waals surface area contributed by atoms with E-state index in [2.05, 4.69) is 5.32 Å². The predicted octanol–water partition coefficient (Wildman–Crippen LogP) is 2.44. The molecule has 0 saturated carbocycles. The Labute approximate surface area is 91.1 Å². The van der Waals surface area contributed by atoms with Gasteiger partial charge in [0.25, 0.3) is 0 Å². The van der Waals surface area contributed by atoms with Crippen LogP contribution in [0.25, 0.3) is 0 Å². The SMILES string of the molecule is CCC(=O)NCc1ccccc1C.Cl. The first kappa shape index (κ1) is 13.0. The van der Waals surface area contributed by atoms with Crippen LogP contribution >= 0.6 is 12.4 Å². The number of aryl methyl sites for hydroxylation is 1. The minimum atomic E-state index is 0. The maximum Gasteiger partial charge on any atom is 0.219 e. The Kier molecular flexibility index (Phi) is 5.97. The Morgan fingerprint density at radius 1 is 1.36 bits per heavy atom. The fraction of sp³-hybridized carbons (Fsp3) is 0.364. The van der Waals surface area contributed by atoms with Crippen molar-refractivity contribution in [3.05, 3.63) is 35.4 Å². The predicted molar refractivity (Wildman–Crippen MR) is 60.6 cm³/mol. The van der Waals surface area contributed by atoms with Crippen LogP contribution in [-0.2, 0) is 11.3 Å². The van der Waals surface area contributed by atoms with Crippen molar-refractivity contribution in [2.45, 2.75) is 26.8 Å². The van der Waals surface area contributed by atoms with Gasteiger partial charge in [0.2, 0.25) is 5.91 Å². The lowest BCUT2D eigenvalue weighted by atomic mass is 10.1. The first-order valence-electron chi connectivity index (χ1n) is 4.55. The lowest BCUT2D eigenvalue weighted by Crippen LogP contribution is -2.21. The minimum absolute atomic E-state index is 0. The zero-order valence-corrected chi connectivity index (χ0v) is 9.36.